The Labute approximate surface area is 69.8 Å². The van der Waals surface area contributed by atoms with Gasteiger partial charge in [-0.05, 0) is 0 Å². The van der Waals surface area contributed by atoms with Crippen LogP contribution in [0.5, 0.6) is 0 Å². The lowest BCUT2D eigenvalue weighted by atomic mass is 10.3. The Morgan fingerprint density at radius 1 is 1.42 bits per heavy atom. The third kappa shape index (κ3) is 1.50. The zero-order valence-corrected chi connectivity index (χ0v) is 6.60. The first-order valence-electron chi connectivity index (χ1n) is 3.44. The van der Waals surface area contributed by atoms with E-state index in [1.165, 1.54) is 12.1 Å². The molecule has 0 bridgehead atoms. The fourth-order valence-corrected chi connectivity index (χ4v) is 0.812. The summed E-state index contributed by atoms with van der Waals surface area (Å²) in [7, 11) is 0. The number of hydroxylamine groups is 2. The first-order chi connectivity index (χ1) is 5.55. The van der Waals surface area contributed by atoms with Crippen LogP contribution in [0, 0.1) is 5.21 Å². The highest BCUT2D eigenvalue weighted by Crippen LogP contribution is 2.18. The molecule has 1 aromatic carbocycles. The van der Waals surface area contributed by atoms with Gasteiger partial charge in [-0.25, -0.2) is 10.0 Å². The maximum absolute atomic E-state index is 11.1. The molecule has 0 aromatic heterocycles. The molecule has 64 valence electrons. The van der Waals surface area contributed by atoms with E-state index in [-0.39, 0.29) is 5.69 Å². The van der Waals surface area contributed by atoms with Gasteiger partial charge in [0.25, 0.3) is 0 Å². The summed E-state index contributed by atoms with van der Waals surface area (Å²) in [6.07, 6.45) is 0. The molecular formula is C8H9NO3. The Morgan fingerprint density at radius 3 is 2.33 bits per heavy atom. The van der Waals surface area contributed by atoms with Gasteiger partial charge in [0.15, 0.2) is 5.69 Å². The topological polar surface area (TPSA) is 60.4 Å². The summed E-state index contributed by atoms with van der Waals surface area (Å²) in [4.78, 5) is 8.73. The summed E-state index contributed by atoms with van der Waals surface area (Å²) in [6.45, 7) is 1.04. The average Bonchev–Trinajstić information content (AvgIpc) is 2.06. The Balaban J connectivity index is 3.06. The minimum absolute atomic E-state index is 0.0185. The van der Waals surface area contributed by atoms with Crippen LogP contribution in [0.3, 0.4) is 0 Å². The third-order valence-corrected chi connectivity index (χ3v) is 1.53. The molecule has 0 fully saturated rings. The number of amides is 1. The van der Waals surface area contributed by atoms with Crippen LogP contribution in [0.2, 0.25) is 0 Å². The van der Waals surface area contributed by atoms with Crippen molar-refractivity contribution in [3.63, 3.8) is 0 Å². The second-order valence-corrected chi connectivity index (χ2v) is 2.43. The molecule has 0 aliphatic heterocycles. The van der Waals surface area contributed by atoms with Crippen LogP contribution in [0.4, 0.5) is 5.69 Å². The van der Waals surface area contributed by atoms with Crippen molar-refractivity contribution in [3.8, 4) is 0 Å². The van der Waals surface area contributed by atoms with Gasteiger partial charge in [0.1, 0.15) is 0 Å². The summed E-state index contributed by atoms with van der Waals surface area (Å²) < 4.78 is 0. The highest BCUT2D eigenvalue weighted by Gasteiger charge is 2.23. The molecule has 1 aromatic rings. The lowest BCUT2D eigenvalue weighted by molar-refractivity contribution is -0.148. The van der Waals surface area contributed by atoms with Crippen molar-refractivity contribution in [2.24, 2.45) is 0 Å². The van der Waals surface area contributed by atoms with E-state index in [2.05, 4.69) is 0 Å². The van der Waals surface area contributed by atoms with E-state index in [1.807, 2.05) is 0 Å². The second kappa shape index (κ2) is 3.02. The van der Waals surface area contributed by atoms with Crippen LogP contribution in [-0.2, 0) is 4.79 Å². The number of carbonyl (C=O) groups is 1. The van der Waals surface area contributed by atoms with Gasteiger partial charge in [-0.2, -0.15) is 0 Å². The number of rotatable bonds is 1. The monoisotopic (exact) mass is 167 g/mol. The molecule has 0 aliphatic carbocycles. The van der Waals surface area contributed by atoms with Crippen molar-refractivity contribution in [2.45, 2.75) is 6.92 Å². The molecule has 0 radical (unpaired) electrons. The van der Waals surface area contributed by atoms with Crippen molar-refractivity contribution in [1.82, 2.24) is 4.81 Å². The lowest BCUT2D eigenvalue weighted by Crippen LogP contribution is -2.43. The SMILES string of the molecule is CC(=O)[N+]([O-])(O)c1ccccc1. The van der Waals surface area contributed by atoms with E-state index in [9.17, 15) is 10.0 Å². The molecule has 1 atom stereocenters. The van der Waals surface area contributed by atoms with Gasteiger partial charge in [0.2, 0.25) is 0 Å². The maximum Gasteiger partial charge on any atom is 0.348 e. The molecule has 12 heavy (non-hydrogen) atoms. The van der Waals surface area contributed by atoms with E-state index >= 15 is 0 Å². The number of hydrogen-bond acceptors (Lipinski definition) is 3. The van der Waals surface area contributed by atoms with Crippen molar-refractivity contribution >= 4 is 11.6 Å². The van der Waals surface area contributed by atoms with Gasteiger partial charge in [-0.1, -0.05) is 18.2 Å². The molecular weight excluding hydrogens is 158 g/mol. The Bertz CT molecular complexity index is 282. The number of nitrogens with zero attached hydrogens (tertiary/aromatic N) is 1. The third-order valence-electron chi connectivity index (χ3n) is 1.53. The van der Waals surface area contributed by atoms with Crippen LogP contribution in [0.25, 0.3) is 0 Å². The van der Waals surface area contributed by atoms with Crippen LogP contribution in [0.15, 0.2) is 30.3 Å². The normalized spacial score (nSPS) is 15.2. The number of quaternary nitrogens is 1. The van der Waals surface area contributed by atoms with E-state index < -0.39 is 10.7 Å². The first kappa shape index (κ1) is 8.86. The smallest absolute Gasteiger partial charge is 0.348 e. The van der Waals surface area contributed by atoms with Gasteiger partial charge < -0.3 is 5.21 Å². The van der Waals surface area contributed by atoms with Crippen molar-refractivity contribution in [3.05, 3.63) is 35.5 Å². The number of para-hydroxylation sites is 1. The molecule has 1 unspecified atom stereocenters. The number of hydrogen-bond donors (Lipinski definition) is 1. The minimum atomic E-state index is -1.94. The maximum atomic E-state index is 11.1. The molecule has 1 N–H and O–H groups in total. The van der Waals surface area contributed by atoms with Gasteiger partial charge in [-0.15, -0.1) is 4.81 Å². The molecule has 4 nitrogen and oxygen atoms in total. The molecule has 0 saturated heterocycles. The molecule has 0 spiro atoms. The number of carbonyl (C=O) groups excluding carboxylic acids is 1. The van der Waals surface area contributed by atoms with Gasteiger partial charge >= 0.3 is 5.91 Å². The molecule has 1 amide bonds. The summed E-state index contributed by atoms with van der Waals surface area (Å²) in [5, 5.41) is 20.2. The van der Waals surface area contributed by atoms with E-state index in [1.54, 1.807) is 18.2 Å². The molecule has 0 heterocycles. The van der Waals surface area contributed by atoms with Crippen molar-refractivity contribution in [1.29, 1.82) is 0 Å². The second-order valence-electron chi connectivity index (χ2n) is 2.43. The highest BCUT2D eigenvalue weighted by molar-refractivity contribution is 5.84. The molecule has 0 aliphatic rings. The number of benzene rings is 1. The largest absolute Gasteiger partial charge is 0.586 e. The first-order valence-corrected chi connectivity index (χ1v) is 3.44. The molecule has 4 heteroatoms. The average molecular weight is 167 g/mol. The summed E-state index contributed by atoms with van der Waals surface area (Å²) >= 11 is 0. The summed E-state index contributed by atoms with van der Waals surface area (Å²) in [5.41, 5.74) is 0.0185. The summed E-state index contributed by atoms with van der Waals surface area (Å²) in [6, 6.07) is 7.66. The Kier molecular flexibility index (Phi) is 2.23. The van der Waals surface area contributed by atoms with Gasteiger partial charge in [0.05, 0.1) is 6.92 Å². The standard InChI is InChI=1S/C8H9NO3/c1-7(10)9(11,12)8-5-3-2-4-6-8/h2-6,11H,1H3. The zero-order chi connectivity index (χ0) is 9.19. The van der Waals surface area contributed by atoms with E-state index in [0.717, 1.165) is 6.92 Å². The zero-order valence-electron chi connectivity index (χ0n) is 6.60. The Morgan fingerprint density at radius 2 is 1.92 bits per heavy atom. The van der Waals surface area contributed by atoms with Crippen molar-refractivity contribution < 1.29 is 10.0 Å². The van der Waals surface area contributed by atoms with Crippen LogP contribution < -0.4 is 4.81 Å². The van der Waals surface area contributed by atoms with Crippen molar-refractivity contribution in [2.75, 3.05) is 0 Å². The fourth-order valence-electron chi connectivity index (χ4n) is 0.812. The Hall–Kier alpha value is -1.23. The van der Waals surface area contributed by atoms with Gasteiger partial charge in [0, 0.05) is 12.1 Å². The highest BCUT2D eigenvalue weighted by atomic mass is 16.8. The molecule has 0 saturated carbocycles. The van der Waals surface area contributed by atoms with Gasteiger partial charge in [-0.3, -0.25) is 0 Å². The fraction of sp³-hybridized carbons (Fsp3) is 0.125. The predicted octanol–water partition coefficient (Wildman–Crippen LogP) is 1.43. The lowest BCUT2D eigenvalue weighted by Gasteiger charge is -2.28. The van der Waals surface area contributed by atoms with Crippen LogP contribution in [0.1, 0.15) is 6.92 Å². The predicted molar refractivity (Wildman–Crippen MR) is 44.1 cm³/mol. The van der Waals surface area contributed by atoms with E-state index in [4.69, 9.17) is 5.21 Å². The van der Waals surface area contributed by atoms with Crippen LogP contribution >= 0.6 is 0 Å². The van der Waals surface area contributed by atoms with E-state index in [0.29, 0.717) is 0 Å². The van der Waals surface area contributed by atoms with Crippen LogP contribution in [-0.4, -0.2) is 11.1 Å². The minimum Gasteiger partial charge on any atom is -0.586 e. The summed E-state index contributed by atoms with van der Waals surface area (Å²) in [5.74, 6) is -0.860. The quantitative estimate of drug-likeness (QED) is 0.391. The molecule has 1 rings (SSSR count).